The zero-order valence-electron chi connectivity index (χ0n) is 11.6. The maximum absolute atomic E-state index is 13.7. The topological polar surface area (TPSA) is 72.2 Å². The number of sulfonamides is 1. The minimum absolute atomic E-state index is 0.183. The third-order valence-electron chi connectivity index (χ3n) is 3.89. The van der Waals surface area contributed by atoms with Crippen molar-refractivity contribution < 1.29 is 12.8 Å². The summed E-state index contributed by atoms with van der Waals surface area (Å²) in [4.78, 5) is -0.313. The molecule has 1 aromatic rings. The van der Waals surface area contributed by atoms with Crippen molar-refractivity contribution in [2.45, 2.75) is 37.6 Å². The van der Waals surface area contributed by atoms with Crippen molar-refractivity contribution in [2.24, 2.45) is 17.6 Å². The average molecular weight is 300 g/mol. The quantitative estimate of drug-likeness (QED) is 0.873. The van der Waals surface area contributed by atoms with Gasteiger partial charge >= 0.3 is 0 Å². The second-order valence-corrected chi connectivity index (χ2v) is 7.34. The highest BCUT2D eigenvalue weighted by atomic mass is 32.2. The fourth-order valence-electron chi connectivity index (χ4n) is 2.70. The van der Waals surface area contributed by atoms with Crippen molar-refractivity contribution in [1.29, 1.82) is 0 Å². The summed E-state index contributed by atoms with van der Waals surface area (Å²) in [5, 5.41) is 0. The Labute approximate surface area is 119 Å². The minimum atomic E-state index is -3.81. The third kappa shape index (κ3) is 3.56. The van der Waals surface area contributed by atoms with Gasteiger partial charge in [-0.1, -0.05) is 19.4 Å². The molecule has 4 nitrogen and oxygen atoms in total. The number of halogens is 1. The molecule has 1 aliphatic carbocycles. The van der Waals surface area contributed by atoms with E-state index in [-0.39, 0.29) is 11.4 Å². The van der Waals surface area contributed by atoms with E-state index < -0.39 is 15.8 Å². The summed E-state index contributed by atoms with van der Waals surface area (Å²) in [7, 11) is -3.81. The van der Waals surface area contributed by atoms with Crippen LogP contribution in [-0.4, -0.2) is 15.0 Å². The lowest BCUT2D eigenvalue weighted by atomic mass is 10.1. The Hall–Kier alpha value is -0.980. The average Bonchev–Trinajstić information content (AvgIpc) is 2.83. The first kappa shape index (κ1) is 15.4. The largest absolute Gasteiger partial charge is 0.326 e. The van der Waals surface area contributed by atoms with E-state index >= 15 is 0 Å². The monoisotopic (exact) mass is 300 g/mol. The molecule has 1 fully saturated rings. The molecule has 3 N–H and O–H groups in total. The van der Waals surface area contributed by atoms with Gasteiger partial charge in [0.05, 0.1) is 0 Å². The molecule has 112 valence electrons. The van der Waals surface area contributed by atoms with Crippen LogP contribution in [0.1, 0.15) is 31.7 Å². The highest BCUT2D eigenvalue weighted by Crippen LogP contribution is 2.30. The predicted molar refractivity (Wildman–Crippen MR) is 76.0 cm³/mol. The molecule has 1 aromatic carbocycles. The van der Waals surface area contributed by atoms with Gasteiger partial charge in [0.25, 0.3) is 0 Å². The van der Waals surface area contributed by atoms with Gasteiger partial charge in [0.15, 0.2) is 0 Å². The van der Waals surface area contributed by atoms with Gasteiger partial charge in [0.1, 0.15) is 10.7 Å². The fraction of sp³-hybridized carbons (Fsp3) is 0.571. The Morgan fingerprint density at radius 3 is 2.75 bits per heavy atom. The van der Waals surface area contributed by atoms with Gasteiger partial charge in [-0.15, -0.1) is 0 Å². The molecule has 0 aliphatic heterocycles. The molecule has 6 heteroatoms. The van der Waals surface area contributed by atoms with Crippen LogP contribution in [0, 0.1) is 17.7 Å². The summed E-state index contributed by atoms with van der Waals surface area (Å²) < 4.78 is 40.6. The lowest BCUT2D eigenvalue weighted by Gasteiger charge is -2.13. The van der Waals surface area contributed by atoms with E-state index in [1.807, 2.05) is 0 Å². The molecule has 1 aliphatic rings. The van der Waals surface area contributed by atoms with Crippen LogP contribution in [0.2, 0.25) is 0 Å². The van der Waals surface area contributed by atoms with Crippen molar-refractivity contribution in [3.05, 3.63) is 29.6 Å². The van der Waals surface area contributed by atoms with E-state index in [0.29, 0.717) is 23.9 Å². The van der Waals surface area contributed by atoms with Crippen molar-refractivity contribution in [2.75, 3.05) is 6.54 Å². The Morgan fingerprint density at radius 2 is 2.15 bits per heavy atom. The summed E-state index contributed by atoms with van der Waals surface area (Å²) in [5.74, 6) is 0.247. The lowest BCUT2D eigenvalue weighted by molar-refractivity contribution is 0.495. The van der Waals surface area contributed by atoms with E-state index in [0.717, 1.165) is 25.3 Å². The molecule has 2 rings (SSSR count). The van der Waals surface area contributed by atoms with Gasteiger partial charge in [-0.3, -0.25) is 0 Å². The number of nitrogens with two attached hydrogens (primary N) is 1. The maximum Gasteiger partial charge on any atom is 0.243 e. The Morgan fingerprint density at radius 1 is 1.40 bits per heavy atom. The van der Waals surface area contributed by atoms with E-state index in [1.165, 1.54) is 12.1 Å². The van der Waals surface area contributed by atoms with Crippen LogP contribution >= 0.6 is 0 Å². The van der Waals surface area contributed by atoms with Crippen molar-refractivity contribution in [3.63, 3.8) is 0 Å². The van der Waals surface area contributed by atoms with E-state index in [2.05, 4.69) is 11.6 Å². The molecule has 0 aromatic heterocycles. The number of rotatable bonds is 5. The molecule has 1 saturated carbocycles. The van der Waals surface area contributed by atoms with Crippen LogP contribution in [0.25, 0.3) is 0 Å². The molecule has 0 bridgehead atoms. The minimum Gasteiger partial charge on any atom is -0.326 e. The Bertz CT molecular complexity index is 575. The molecule has 20 heavy (non-hydrogen) atoms. The molecular weight excluding hydrogens is 279 g/mol. The Kier molecular flexibility index (Phi) is 4.78. The predicted octanol–water partition coefficient (Wildman–Crippen LogP) is 2.00. The summed E-state index contributed by atoms with van der Waals surface area (Å²) in [6.07, 6.45) is 3.17. The highest BCUT2D eigenvalue weighted by Gasteiger charge is 2.25. The lowest BCUT2D eigenvalue weighted by Crippen LogP contribution is -2.29. The Balaban J connectivity index is 2.10. The maximum atomic E-state index is 13.7. The highest BCUT2D eigenvalue weighted by molar-refractivity contribution is 7.89. The summed E-state index contributed by atoms with van der Waals surface area (Å²) >= 11 is 0. The van der Waals surface area contributed by atoms with Crippen LogP contribution in [-0.2, 0) is 16.6 Å². The van der Waals surface area contributed by atoms with Crippen LogP contribution < -0.4 is 10.5 Å². The molecule has 0 spiro atoms. The summed E-state index contributed by atoms with van der Waals surface area (Å²) in [6, 6.07) is 3.94. The zero-order chi connectivity index (χ0) is 14.8. The second-order valence-electron chi connectivity index (χ2n) is 5.61. The molecule has 2 unspecified atom stereocenters. The van der Waals surface area contributed by atoms with Gasteiger partial charge < -0.3 is 5.73 Å². The summed E-state index contributed by atoms with van der Waals surface area (Å²) in [6.45, 7) is 2.72. The smallest absolute Gasteiger partial charge is 0.243 e. The first-order chi connectivity index (χ1) is 9.42. The fourth-order valence-corrected chi connectivity index (χ4v) is 3.94. The molecule has 0 amide bonds. The molecule has 2 atom stereocenters. The van der Waals surface area contributed by atoms with E-state index in [1.54, 1.807) is 0 Å². The SMILES string of the molecule is CC1CCC(CNS(=O)(=O)c2cc(CN)ccc2F)C1. The zero-order valence-corrected chi connectivity index (χ0v) is 12.4. The van der Waals surface area contributed by atoms with Crippen LogP contribution in [0.4, 0.5) is 4.39 Å². The van der Waals surface area contributed by atoms with E-state index in [9.17, 15) is 12.8 Å². The molecule has 0 heterocycles. The van der Waals surface area contributed by atoms with Crippen molar-refractivity contribution in [1.82, 2.24) is 4.72 Å². The van der Waals surface area contributed by atoms with Crippen molar-refractivity contribution >= 4 is 10.0 Å². The van der Waals surface area contributed by atoms with Crippen LogP contribution in [0.15, 0.2) is 23.1 Å². The molecular formula is C14H21FN2O2S. The molecule has 0 radical (unpaired) electrons. The van der Waals surface area contributed by atoms with Gasteiger partial charge in [-0.25, -0.2) is 17.5 Å². The van der Waals surface area contributed by atoms with Crippen LogP contribution in [0.3, 0.4) is 0 Å². The van der Waals surface area contributed by atoms with Gasteiger partial charge in [0.2, 0.25) is 10.0 Å². The summed E-state index contributed by atoms with van der Waals surface area (Å²) in [5.41, 5.74) is 6.06. The first-order valence-corrected chi connectivity index (χ1v) is 8.39. The van der Waals surface area contributed by atoms with Crippen molar-refractivity contribution in [3.8, 4) is 0 Å². The number of hydrogen-bond acceptors (Lipinski definition) is 3. The first-order valence-electron chi connectivity index (χ1n) is 6.90. The number of nitrogens with one attached hydrogen (secondary N) is 1. The normalized spacial score (nSPS) is 23.1. The number of benzene rings is 1. The van der Waals surface area contributed by atoms with Gasteiger partial charge in [-0.2, -0.15) is 0 Å². The second kappa shape index (κ2) is 6.20. The van der Waals surface area contributed by atoms with Gasteiger partial charge in [-0.05, 0) is 42.4 Å². The van der Waals surface area contributed by atoms with E-state index in [4.69, 9.17) is 5.73 Å². The standard InChI is InChI=1S/C14H21FN2O2S/c1-10-2-3-12(6-10)9-17-20(18,19)14-7-11(8-16)4-5-13(14)15/h4-5,7,10,12,17H,2-3,6,8-9,16H2,1H3. The third-order valence-corrected chi connectivity index (χ3v) is 5.32. The molecule has 0 saturated heterocycles. The number of hydrogen-bond donors (Lipinski definition) is 2. The van der Waals surface area contributed by atoms with Crippen LogP contribution in [0.5, 0.6) is 0 Å². The van der Waals surface area contributed by atoms with Gasteiger partial charge in [0, 0.05) is 13.1 Å².